The lowest BCUT2D eigenvalue weighted by atomic mass is 9.89. The average Bonchev–Trinajstić information content (AvgIpc) is 2.31. The van der Waals surface area contributed by atoms with E-state index >= 15 is 0 Å². The summed E-state index contributed by atoms with van der Waals surface area (Å²) in [7, 11) is 0. The normalized spacial score (nSPS) is 37.5. The Morgan fingerprint density at radius 3 is 2.62 bits per heavy atom. The molecule has 1 aliphatic heterocycles. The highest BCUT2D eigenvalue weighted by molar-refractivity contribution is 4.84. The number of hydrogen-bond acceptors (Lipinski definition) is 3. The lowest BCUT2D eigenvalue weighted by molar-refractivity contribution is -0.0130. The molecule has 1 heterocycles. The van der Waals surface area contributed by atoms with Crippen molar-refractivity contribution in [2.45, 2.75) is 63.6 Å². The first-order valence-electron chi connectivity index (χ1n) is 6.90. The second kappa shape index (κ2) is 5.99. The minimum atomic E-state index is 0.462. The molecular formula is C13H26N2O. The number of piperidine rings is 1. The number of nitrogens with zero attached hydrogens (tertiary/aromatic N) is 1. The molecule has 3 nitrogen and oxygen atoms in total. The Bertz CT molecular complexity index is 200. The predicted octanol–water partition coefficient (Wildman–Crippen LogP) is 1.76. The van der Waals surface area contributed by atoms with Crippen LogP contribution in [0.1, 0.15) is 45.4 Å². The van der Waals surface area contributed by atoms with Crippen LogP contribution in [0.25, 0.3) is 0 Å². The molecule has 0 aromatic rings. The zero-order valence-corrected chi connectivity index (χ0v) is 10.5. The molecule has 94 valence electrons. The van der Waals surface area contributed by atoms with Gasteiger partial charge in [0, 0.05) is 25.2 Å². The average molecular weight is 226 g/mol. The van der Waals surface area contributed by atoms with Gasteiger partial charge in [-0.3, -0.25) is 4.90 Å². The van der Waals surface area contributed by atoms with Gasteiger partial charge in [-0.25, -0.2) is 0 Å². The molecule has 0 amide bonds. The first-order chi connectivity index (χ1) is 7.79. The summed E-state index contributed by atoms with van der Waals surface area (Å²) in [6.07, 6.45) is 8.03. The van der Waals surface area contributed by atoms with Crippen LogP contribution in [0.15, 0.2) is 0 Å². The Balaban J connectivity index is 1.80. The van der Waals surface area contributed by atoms with Gasteiger partial charge >= 0.3 is 0 Å². The van der Waals surface area contributed by atoms with Crippen molar-refractivity contribution in [3.8, 4) is 0 Å². The maximum atomic E-state index is 5.96. The Morgan fingerprint density at radius 2 is 1.94 bits per heavy atom. The third-order valence-electron chi connectivity index (χ3n) is 4.07. The van der Waals surface area contributed by atoms with Crippen LogP contribution in [-0.2, 0) is 4.74 Å². The highest BCUT2D eigenvalue weighted by atomic mass is 16.5. The van der Waals surface area contributed by atoms with Crippen LogP contribution in [0.2, 0.25) is 0 Å². The van der Waals surface area contributed by atoms with E-state index in [-0.39, 0.29) is 0 Å². The van der Waals surface area contributed by atoms with Gasteiger partial charge in [0.2, 0.25) is 0 Å². The van der Waals surface area contributed by atoms with E-state index in [0.717, 1.165) is 19.2 Å². The molecule has 2 fully saturated rings. The minimum absolute atomic E-state index is 0.462. The molecule has 2 rings (SSSR count). The van der Waals surface area contributed by atoms with Crippen molar-refractivity contribution < 1.29 is 4.74 Å². The summed E-state index contributed by atoms with van der Waals surface area (Å²) in [6, 6.07) is 1.24. The van der Waals surface area contributed by atoms with Crippen molar-refractivity contribution in [3.63, 3.8) is 0 Å². The van der Waals surface area contributed by atoms with Crippen molar-refractivity contribution >= 4 is 0 Å². The SMILES string of the molecule is CCOC1CCCN(C2CCC(N)CC2)C1. The molecule has 1 atom stereocenters. The van der Waals surface area contributed by atoms with Gasteiger partial charge in [0.25, 0.3) is 0 Å². The van der Waals surface area contributed by atoms with Gasteiger partial charge in [0.15, 0.2) is 0 Å². The third kappa shape index (κ3) is 3.19. The van der Waals surface area contributed by atoms with E-state index in [2.05, 4.69) is 11.8 Å². The van der Waals surface area contributed by atoms with Gasteiger partial charge in [0.1, 0.15) is 0 Å². The quantitative estimate of drug-likeness (QED) is 0.797. The van der Waals surface area contributed by atoms with E-state index in [0.29, 0.717) is 12.1 Å². The van der Waals surface area contributed by atoms with Crippen molar-refractivity contribution in [1.82, 2.24) is 4.90 Å². The monoisotopic (exact) mass is 226 g/mol. The summed E-state index contributed by atoms with van der Waals surface area (Å²) in [5.41, 5.74) is 5.96. The molecule has 0 aromatic heterocycles. The largest absolute Gasteiger partial charge is 0.377 e. The highest BCUT2D eigenvalue weighted by Crippen LogP contribution is 2.25. The molecule has 3 heteroatoms. The van der Waals surface area contributed by atoms with E-state index in [1.54, 1.807) is 0 Å². The standard InChI is InChI=1S/C13H26N2O/c1-2-16-13-4-3-9-15(10-13)12-7-5-11(14)6-8-12/h11-13H,2-10,14H2,1H3. The van der Waals surface area contributed by atoms with Crippen LogP contribution in [0.4, 0.5) is 0 Å². The maximum absolute atomic E-state index is 5.96. The molecule has 0 bridgehead atoms. The molecule has 0 radical (unpaired) electrons. The molecule has 1 unspecified atom stereocenters. The fraction of sp³-hybridized carbons (Fsp3) is 1.00. The van der Waals surface area contributed by atoms with E-state index in [9.17, 15) is 0 Å². The maximum Gasteiger partial charge on any atom is 0.0702 e. The van der Waals surface area contributed by atoms with Crippen LogP contribution in [0, 0.1) is 0 Å². The highest BCUT2D eigenvalue weighted by Gasteiger charge is 2.28. The minimum Gasteiger partial charge on any atom is -0.377 e. The Labute approximate surface area is 99.3 Å². The van der Waals surface area contributed by atoms with Crippen LogP contribution in [0.3, 0.4) is 0 Å². The first-order valence-corrected chi connectivity index (χ1v) is 6.90. The van der Waals surface area contributed by atoms with Gasteiger partial charge in [-0.05, 0) is 52.0 Å². The summed E-state index contributed by atoms with van der Waals surface area (Å²) in [5, 5.41) is 0. The van der Waals surface area contributed by atoms with Crippen LogP contribution in [0.5, 0.6) is 0 Å². The van der Waals surface area contributed by atoms with Gasteiger partial charge in [-0.2, -0.15) is 0 Å². The van der Waals surface area contributed by atoms with Gasteiger partial charge in [-0.15, -0.1) is 0 Å². The van der Waals surface area contributed by atoms with Crippen LogP contribution < -0.4 is 5.73 Å². The number of rotatable bonds is 3. The van der Waals surface area contributed by atoms with Crippen molar-refractivity contribution in [2.75, 3.05) is 19.7 Å². The smallest absolute Gasteiger partial charge is 0.0702 e. The molecule has 1 saturated carbocycles. The Hall–Kier alpha value is -0.120. The number of likely N-dealkylation sites (tertiary alicyclic amines) is 1. The topological polar surface area (TPSA) is 38.5 Å². The molecule has 1 aliphatic carbocycles. The number of nitrogens with two attached hydrogens (primary N) is 1. The zero-order chi connectivity index (χ0) is 11.4. The zero-order valence-electron chi connectivity index (χ0n) is 10.5. The summed E-state index contributed by atoms with van der Waals surface area (Å²) < 4.78 is 5.76. The van der Waals surface area contributed by atoms with Crippen molar-refractivity contribution in [1.29, 1.82) is 0 Å². The van der Waals surface area contributed by atoms with Gasteiger partial charge in [-0.1, -0.05) is 0 Å². The van der Waals surface area contributed by atoms with Crippen LogP contribution in [-0.4, -0.2) is 42.8 Å². The van der Waals surface area contributed by atoms with Gasteiger partial charge in [0.05, 0.1) is 6.10 Å². The first kappa shape index (κ1) is 12.3. The van der Waals surface area contributed by atoms with E-state index in [1.807, 2.05) is 0 Å². The molecule has 2 N–H and O–H groups in total. The third-order valence-corrected chi connectivity index (χ3v) is 4.07. The van der Waals surface area contributed by atoms with E-state index in [1.165, 1.54) is 45.1 Å². The second-order valence-corrected chi connectivity index (χ2v) is 5.28. The number of ether oxygens (including phenoxy) is 1. The fourth-order valence-electron chi connectivity index (χ4n) is 3.14. The molecule has 1 saturated heterocycles. The lowest BCUT2D eigenvalue weighted by Crippen LogP contribution is -2.47. The summed E-state index contributed by atoms with van der Waals surface area (Å²) in [5.74, 6) is 0. The van der Waals surface area contributed by atoms with Gasteiger partial charge < -0.3 is 10.5 Å². The lowest BCUT2D eigenvalue weighted by Gasteiger charge is -2.40. The summed E-state index contributed by atoms with van der Waals surface area (Å²) in [6.45, 7) is 5.36. The molecule has 2 aliphatic rings. The second-order valence-electron chi connectivity index (χ2n) is 5.28. The molecular weight excluding hydrogens is 200 g/mol. The molecule has 0 spiro atoms. The summed E-state index contributed by atoms with van der Waals surface area (Å²) >= 11 is 0. The van der Waals surface area contributed by atoms with E-state index in [4.69, 9.17) is 10.5 Å². The summed E-state index contributed by atoms with van der Waals surface area (Å²) in [4.78, 5) is 2.65. The predicted molar refractivity (Wildman–Crippen MR) is 66.5 cm³/mol. The van der Waals surface area contributed by atoms with Crippen LogP contribution >= 0.6 is 0 Å². The fourth-order valence-corrected chi connectivity index (χ4v) is 3.14. The van der Waals surface area contributed by atoms with Crippen molar-refractivity contribution in [2.24, 2.45) is 5.73 Å². The molecule has 16 heavy (non-hydrogen) atoms. The van der Waals surface area contributed by atoms with E-state index < -0.39 is 0 Å². The Morgan fingerprint density at radius 1 is 1.19 bits per heavy atom. The van der Waals surface area contributed by atoms with Crippen molar-refractivity contribution in [3.05, 3.63) is 0 Å². The Kier molecular flexibility index (Phi) is 4.62. The molecule has 0 aromatic carbocycles. The number of hydrogen-bond donors (Lipinski definition) is 1.